The fourth-order valence-electron chi connectivity index (χ4n) is 2.38. The van der Waals surface area contributed by atoms with Crippen LogP contribution in [0.5, 0.6) is 0 Å². The summed E-state index contributed by atoms with van der Waals surface area (Å²) < 4.78 is 0. The van der Waals surface area contributed by atoms with Gasteiger partial charge >= 0.3 is 0 Å². The molecule has 1 fully saturated rings. The van der Waals surface area contributed by atoms with Gasteiger partial charge in [-0.15, -0.1) is 0 Å². The lowest BCUT2D eigenvalue weighted by Crippen LogP contribution is -2.18. The van der Waals surface area contributed by atoms with Crippen molar-refractivity contribution in [3.63, 3.8) is 0 Å². The van der Waals surface area contributed by atoms with Crippen molar-refractivity contribution in [2.75, 3.05) is 0 Å². The van der Waals surface area contributed by atoms with Gasteiger partial charge in [-0.3, -0.25) is 0 Å². The van der Waals surface area contributed by atoms with Crippen molar-refractivity contribution in [1.29, 1.82) is 0 Å². The van der Waals surface area contributed by atoms with Gasteiger partial charge in [0.1, 0.15) is 0 Å². The summed E-state index contributed by atoms with van der Waals surface area (Å²) in [6.45, 7) is 9.53. The quantitative estimate of drug-likeness (QED) is 0.575. The zero-order valence-electron chi connectivity index (χ0n) is 9.19. The maximum atomic E-state index is 2.48. The average Bonchev–Trinajstić information content (AvgIpc) is 2.70. The summed E-state index contributed by atoms with van der Waals surface area (Å²) >= 11 is 0. The van der Waals surface area contributed by atoms with Crippen LogP contribution in [0.2, 0.25) is 0 Å². The molecule has 0 bridgehead atoms. The van der Waals surface area contributed by atoms with E-state index in [4.69, 9.17) is 0 Å². The van der Waals surface area contributed by atoms with E-state index < -0.39 is 0 Å². The van der Waals surface area contributed by atoms with Gasteiger partial charge in [0.2, 0.25) is 0 Å². The van der Waals surface area contributed by atoms with Gasteiger partial charge in [0.05, 0.1) is 0 Å². The molecule has 0 aromatic rings. The van der Waals surface area contributed by atoms with E-state index in [2.05, 4.69) is 27.7 Å². The van der Waals surface area contributed by atoms with Crippen molar-refractivity contribution in [2.45, 2.75) is 59.8 Å². The summed E-state index contributed by atoms with van der Waals surface area (Å²) in [4.78, 5) is 0. The number of rotatable bonds is 5. The van der Waals surface area contributed by atoms with Gasteiger partial charge in [-0.2, -0.15) is 0 Å². The maximum absolute atomic E-state index is 2.48. The first kappa shape index (κ1) is 10.1. The Morgan fingerprint density at radius 3 is 2.25 bits per heavy atom. The van der Waals surface area contributed by atoms with E-state index in [0.717, 1.165) is 11.8 Å². The third kappa shape index (κ3) is 3.16. The van der Waals surface area contributed by atoms with Crippen molar-refractivity contribution in [1.82, 2.24) is 0 Å². The van der Waals surface area contributed by atoms with Crippen LogP contribution in [0.15, 0.2) is 0 Å². The van der Waals surface area contributed by atoms with Crippen LogP contribution in [0.3, 0.4) is 0 Å². The molecule has 0 saturated heterocycles. The molecule has 0 aromatic heterocycles. The topological polar surface area (TPSA) is 0 Å². The predicted molar refractivity (Wildman–Crippen MR) is 55.2 cm³/mol. The molecule has 1 saturated carbocycles. The molecule has 1 aliphatic carbocycles. The Morgan fingerprint density at radius 2 is 1.92 bits per heavy atom. The number of hydrogen-bond acceptors (Lipinski definition) is 0. The van der Waals surface area contributed by atoms with Crippen LogP contribution in [0.4, 0.5) is 0 Å². The summed E-state index contributed by atoms with van der Waals surface area (Å²) in [5.41, 5.74) is 0.648. The van der Waals surface area contributed by atoms with Crippen LogP contribution in [-0.2, 0) is 0 Å². The van der Waals surface area contributed by atoms with Crippen LogP contribution < -0.4 is 0 Å². The lowest BCUT2D eigenvalue weighted by atomic mass is 9.76. The molecule has 1 rings (SSSR count). The SMILES string of the molecule is CCC(C)(CC(C)C)CC1CC1. The Labute approximate surface area is 77.7 Å². The second kappa shape index (κ2) is 3.81. The second-order valence-electron chi connectivity index (χ2n) is 5.41. The normalized spacial score (nSPS) is 22.8. The van der Waals surface area contributed by atoms with Crippen LogP contribution in [0.1, 0.15) is 59.8 Å². The van der Waals surface area contributed by atoms with Gasteiger partial charge in [-0.25, -0.2) is 0 Å². The molecule has 0 nitrogen and oxygen atoms in total. The van der Waals surface area contributed by atoms with Crippen LogP contribution >= 0.6 is 0 Å². The molecule has 0 aromatic carbocycles. The molecule has 0 amide bonds. The molecular weight excluding hydrogens is 144 g/mol. The van der Waals surface area contributed by atoms with Gasteiger partial charge < -0.3 is 0 Å². The van der Waals surface area contributed by atoms with E-state index in [1.54, 1.807) is 0 Å². The Balaban J connectivity index is 2.36. The first-order chi connectivity index (χ1) is 5.56. The first-order valence-corrected chi connectivity index (χ1v) is 5.56. The molecule has 12 heavy (non-hydrogen) atoms. The third-order valence-electron chi connectivity index (χ3n) is 3.23. The minimum absolute atomic E-state index is 0.648. The zero-order valence-corrected chi connectivity index (χ0v) is 9.19. The molecule has 0 heterocycles. The summed E-state index contributed by atoms with van der Waals surface area (Å²) in [6, 6.07) is 0. The lowest BCUT2D eigenvalue weighted by molar-refractivity contribution is 0.214. The monoisotopic (exact) mass is 168 g/mol. The van der Waals surface area contributed by atoms with Crippen molar-refractivity contribution >= 4 is 0 Å². The summed E-state index contributed by atoms with van der Waals surface area (Å²) in [6.07, 6.45) is 7.28. The van der Waals surface area contributed by atoms with E-state index >= 15 is 0 Å². The van der Waals surface area contributed by atoms with E-state index in [1.165, 1.54) is 32.1 Å². The molecule has 0 aliphatic heterocycles. The minimum Gasteiger partial charge on any atom is -0.0649 e. The second-order valence-corrected chi connectivity index (χ2v) is 5.41. The van der Waals surface area contributed by atoms with E-state index in [1.807, 2.05) is 0 Å². The Morgan fingerprint density at radius 1 is 1.33 bits per heavy atom. The fourth-order valence-corrected chi connectivity index (χ4v) is 2.38. The van der Waals surface area contributed by atoms with Gasteiger partial charge in [-0.1, -0.05) is 47.0 Å². The molecule has 1 atom stereocenters. The molecule has 0 heteroatoms. The van der Waals surface area contributed by atoms with E-state index in [9.17, 15) is 0 Å². The molecule has 1 unspecified atom stereocenters. The highest BCUT2D eigenvalue weighted by Crippen LogP contribution is 2.44. The first-order valence-electron chi connectivity index (χ1n) is 5.56. The molecule has 0 radical (unpaired) electrons. The standard InChI is InChI=1S/C12H24/c1-5-12(4,8-10(2)3)9-11-6-7-11/h10-11H,5-9H2,1-4H3. The molecule has 1 aliphatic rings. The maximum Gasteiger partial charge on any atom is -0.0323 e. The van der Waals surface area contributed by atoms with Crippen molar-refractivity contribution in [3.8, 4) is 0 Å². The number of hydrogen-bond donors (Lipinski definition) is 0. The van der Waals surface area contributed by atoms with Crippen LogP contribution in [0, 0.1) is 17.3 Å². The summed E-state index contributed by atoms with van der Waals surface area (Å²) in [5, 5.41) is 0. The summed E-state index contributed by atoms with van der Waals surface area (Å²) in [7, 11) is 0. The van der Waals surface area contributed by atoms with Crippen LogP contribution in [0.25, 0.3) is 0 Å². The summed E-state index contributed by atoms with van der Waals surface area (Å²) in [5.74, 6) is 1.96. The van der Waals surface area contributed by atoms with Crippen molar-refractivity contribution in [2.24, 2.45) is 17.3 Å². The van der Waals surface area contributed by atoms with E-state index in [0.29, 0.717) is 5.41 Å². The molecule has 0 N–H and O–H groups in total. The molecule has 72 valence electrons. The van der Waals surface area contributed by atoms with Crippen LogP contribution in [-0.4, -0.2) is 0 Å². The van der Waals surface area contributed by atoms with Crippen molar-refractivity contribution in [3.05, 3.63) is 0 Å². The highest BCUT2D eigenvalue weighted by Gasteiger charge is 2.32. The highest BCUT2D eigenvalue weighted by atomic mass is 14.4. The largest absolute Gasteiger partial charge is 0.0649 e. The Kier molecular flexibility index (Phi) is 3.20. The molecular formula is C12H24. The Hall–Kier alpha value is 0. The van der Waals surface area contributed by atoms with Gasteiger partial charge in [-0.05, 0) is 30.1 Å². The zero-order chi connectivity index (χ0) is 9.19. The van der Waals surface area contributed by atoms with Gasteiger partial charge in [0, 0.05) is 0 Å². The molecule has 0 spiro atoms. The third-order valence-corrected chi connectivity index (χ3v) is 3.23. The van der Waals surface area contributed by atoms with Gasteiger partial charge in [0.25, 0.3) is 0 Å². The minimum atomic E-state index is 0.648. The van der Waals surface area contributed by atoms with Gasteiger partial charge in [0.15, 0.2) is 0 Å². The Bertz CT molecular complexity index is 127. The fraction of sp³-hybridized carbons (Fsp3) is 1.00. The predicted octanol–water partition coefficient (Wildman–Crippen LogP) is 4.25. The van der Waals surface area contributed by atoms with Crippen molar-refractivity contribution < 1.29 is 0 Å². The van der Waals surface area contributed by atoms with E-state index in [-0.39, 0.29) is 0 Å². The lowest BCUT2D eigenvalue weighted by Gasteiger charge is -2.30. The smallest absolute Gasteiger partial charge is 0.0323 e. The average molecular weight is 168 g/mol. The highest BCUT2D eigenvalue weighted by molar-refractivity contribution is 4.83.